The number of phenolic OH excluding ortho intramolecular Hbond substituents is 1. The van der Waals surface area contributed by atoms with Gasteiger partial charge in [-0.1, -0.05) is 18.2 Å². The molecule has 0 radical (unpaired) electrons. The number of rotatable bonds is 11. The second kappa shape index (κ2) is 10.4. The van der Waals surface area contributed by atoms with Gasteiger partial charge in [-0.3, -0.25) is 9.59 Å². The summed E-state index contributed by atoms with van der Waals surface area (Å²) in [5.74, 6) is 0.0412. The number of unbranched alkanes of at least 4 members (excludes halogenated alkanes) is 1. The lowest BCUT2D eigenvalue weighted by atomic mass is 9.77. The molecule has 3 rings (SSSR count). The minimum Gasteiger partial charge on any atom is -0.508 e. The summed E-state index contributed by atoms with van der Waals surface area (Å²) in [6.45, 7) is 0.938. The van der Waals surface area contributed by atoms with E-state index in [-0.39, 0.29) is 36.8 Å². The number of amides is 1. The van der Waals surface area contributed by atoms with Gasteiger partial charge in [0.15, 0.2) is 0 Å². The van der Waals surface area contributed by atoms with Crippen LogP contribution >= 0.6 is 0 Å². The molecule has 0 spiro atoms. The van der Waals surface area contributed by atoms with Crippen LogP contribution in [0, 0.1) is 11.8 Å². The minimum absolute atomic E-state index is 0.119. The highest BCUT2D eigenvalue weighted by Gasteiger charge is 2.47. The predicted molar refractivity (Wildman–Crippen MR) is 110 cm³/mol. The third kappa shape index (κ3) is 6.30. The molecule has 2 saturated heterocycles. The molecule has 158 valence electrons. The Morgan fingerprint density at radius 2 is 1.97 bits per heavy atom. The van der Waals surface area contributed by atoms with Gasteiger partial charge < -0.3 is 25.6 Å². The molecule has 1 aromatic carbocycles. The summed E-state index contributed by atoms with van der Waals surface area (Å²) < 4.78 is 6.09. The van der Waals surface area contributed by atoms with E-state index in [0.29, 0.717) is 23.9 Å². The molecule has 0 aliphatic carbocycles. The second-order valence-corrected chi connectivity index (χ2v) is 7.84. The number of benzene rings is 1. The third-order valence-electron chi connectivity index (χ3n) is 5.72. The van der Waals surface area contributed by atoms with E-state index in [0.717, 1.165) is 32.2 Å². The van der Waals surface area contributed by atoms with Crippen LogP contribution in [0.25, 0.3) is 0 Å². The number of aromatic hydroxyl groups is 1. The Morgan fingerprint density at radius 1 is 1.17 bits per heavy atom. The van der Waals surface area contributed by atoms with Crippen LogP contribution in [0.15, 0.2) is 36.4 Å². The number of fused-ring (bicyclic) bond motifs is 2. The average molecular weight is 402 g/mol. The van der Waals surface area contributed by atoms with Gasteiger partial charge in [0.2, 0.25) is 5.91 Å². The van der Waals surface area contributed by atoms with Crippen LogP contribution in [0.1, 0.15) is 38.5 Å². The van der Waals surface area contributed by atoms with Crippen molar-refractivity contribution in [2.24, 2.45) is 11.8 Å². The van der Waals surface area contributed by atoms with Gasteiger partial charge in [-0.15, -0.1) is 0 Å². The van der Waals surface area contributed by atoms with E-state index < -0.39 is 5.97 Å². The van der Waals surface area contributed by atoms with Gasteiger partial charge >= 0.3 is 5.97 Å². The summed E-state index contributed by atoms with van der Waals surface area (Å²) in [6, 6.07) is 6.50. The molecule has 1 amide bonds. The van der Waals surface area contributed by atoms with Crippen molar-refractivity contribution in [1.29, 1.82) is 0 Å². The van der Waals surface area contributed by atoms with Gasteiger partial charge in [0, 0.05) is 30.6 Å². The normalized spacial score (nSPS) is 25.5. The van der Waals surface area contributed by atoms with Crippen molar-refractivity contribution in [3.05, 3.63) is 36.4 Å². The van der Waals surface area contributed by atoms with Crippen molar-refractivity contribution < 1.29 is 24.5 Å². The third-order valence-corrected chi connectivity index (χ3v) is 5.72. The molecule has 29 heavy (non-hydrogen) atoms. The first-order valence-electron chi connectivity index (χ1n) is 10.3. The molecule has 2 fully saturated rings. The molecule has 1 aromatic rings. The Morgan fingerprint density at radius 3 is 2.72 bits per heavy atom. The first-order chi connectivity index (χ1) is 14.0. The zero-order chi connectivity index (χ0) is 20.6. The van der Waals surface area contributed by atoms with E-state index in [1.807, 2.05) is 0 Å². The Bertz CT molecular complexity index is 736. The van der Waals surface area contributed by atoms with Crippen molar-refractivity contribution in [2.75, 3.05) is 18.4 Å². The lowest BCUT2D eigenvalue weighted by molar-refractivity contribution is -0.137. The summed E-state index contributed by atoms with van der Waals surface area (Å²) in [5.41, 5.74) is 0.575. The van der Waals surface area contributed by atoms with E-state index in [1.54, 1.807) is 18.2 Å². The number of nitrogens with one attached hydrogen (secondary N) is 2. The van der Waals surface area contributed by atoms with Gasteiger partial charge in [0.25, 0.3) is 0 Å². The first-order valence-corrected chi connectivity index (χ1v) is 10.3. The molecule has 7 heteroatoms. The smallest absolute Gasteiger partial charge is 0.303 e. The average Bonchev–Trinajstić information content (AvgIpc) is 3.26. The molecule has 2 aliphatic heterocycles. The van der Waals surface area contributed by atoms with E-state index in [2.05, 4.69) is 22.8 Å². The summed E-state index contributed by atoms with van der Waals surface area (Å²) in [6.07, 6.45) is 9.52. The van der Waals surface area contributed by atoms with Gasteiger partial charge in [0.05, 0.1) is 18.8 Å². The summed E-state index contributed by atoms with van der Waals surface area (Å²) in [4.78, 5) is 22.7. The molecular weight excluding hydrogens is 372 g/mol. The van der Waals surface area contributed by atoms with E-state index in [1.165, 1.54) is 6.07 Å². The fraction of sp³-hybridized carbons (Fsp3) is 0.545. The monoisotopic (exact) mass is 402 g/mol. The summed E-state index contributed by atoms with van der Waals surface area (Å²) in [5, 5.41) is 24.2. The van der Waals surface area contributed by atoms with Crippen LogP contribution in [0.3, 0.4) is 0 Å². The van der Waals surface area contributed by atoms with Gasteiger partial charge in [-0.2, -0.15) is 0 Å². The lowest BCUT2D eigenvalue weighted by Gasteiger charge is -2.27. The predicted octanol–water partition coefficient (Wildman–Crippen LogP) is 2.92. The molecule has 7 nitrogen and oxygen atoms in total. The van der Waals surface area contributed by atoms with Crippen molar-refractivity contribution in [2.45, 2.75) is 50.7 Å². The largest absolute Gasteiger partial charge is 0.508 e. The number of hydrogen-bond acceptors (Lipinski definition) is 5. The second-order valence-electron chi connectivity index (χ2n) is 7.84. The number of carbonyl (C=O) groups excluding carboxylic acids is 1. The number of carboxylic acids is 1. The SMILES string of the molecule is O=C(O)CCC/C=C\C[C@@H]1[C@H](CNCC(=O)Nc2cccc(O)c2)[C@@H]2CC[C@H]1O2. The highest BCUT2D eigenvalue weighted by atomic mass is 16.5. The number of phenols is 1. The Kier molecular flexibility index (Phi) is 7.66. The molecule has 2 heterocycles. The Balaban J connectivity index is 1.40. The number of ether oxygens (including phenoxy) is 1. The maximum absolute atomic E-state index is 12.1. The molecule has 0 saturated carbocycles. The number of carbonyl (C=O) groups is 2. The fourth-order valence-corrected chi connectivity index (χ4v) is 4.36. The van der Waals surface area contributed by atoms with Crippen LogP contribution in [-0.4, -0.2) is 47.4 Å². The van der Waals surface area contributed by atoms with Crippen molar-refractivity contribution >= 4 is 17.6 Å². The number of aliphatic carboxylic acids is 1. The fourth-order valence-electron chi connectivity index (χ4n) is 4.36. The minimum atomic E-state index is -0.751. The highest BCUT2D eigenvalue weighted by molar-refractivity contribution is 5.92. The van der Waals surface area contributed by atoms with Crippen molar-refractivity contribution in [3.63, 3.8) is 0 Å². The Hall–Kier alpha value is -2.38. The van der Waals surface area contributed by atoms with E-state index in [4.69, 9.17) is 9.84 Å². The Labute approximate surface area is 171 Å². The van der Waals surface area contributed by atoms with Crippen molar-refractivity contribution in [3.8, 4) is 5.75 Å². The molecule has 0 aromatic heterocycles. The van der Waals surface area contributed by atoms with Crippen molar-refractivity contribution in [1.82, 2.24) is 5.32 Å². The standard InChI is InChI=1S/C22H30N2O5/c25-16-7-5-6-15(12-16)24-21(26)14-23-13-18-17(19-10-11-20(18)29-19)8-3-1-2-4-9-22(27)28/h1,3,5-7,12,17-20,23,25H,2,4,8-11,13-14H2,(H,24,26)(H,27,28)/b3-1-/t17-,18+,19-,20+/m1/s1. The van der Waals surface area contributed by atoms with Gasteiger partial charge in [0.1, 0.15) is 5.75 Å². The van der Waals surface area contributed by atoms with Crippen LogP contribution in [0.5, 0.6) is 5.75 Å². The van der Waals surface area contributed by atoms with Crippen LogP contribution in [0.4, 0.5) is 5.69 Å². The molecule has 4 atom stereocenters. The van der Waals surface area contributed by atoms with E-state index in [9.17, 15) is 14.7 Å². The molecular formula is C22H30N2O5. The molecule has 2 bridgehead atoms. The molecule has 0 unspecified atom stereocenters. The summed E-state index contributed by atoms with van der Waals surface area (Å²) in [7, 11) is 0. The zero-order valence-corrected chi connectivity index (χ0v) is 16.5. The number of hydrogen-bond donors (Lipinski definition) is 4. The van der Waals surface area contributed by atoms with Crippen LogP contribution < -0.4 is 10.6 Å². The van der Waals surface area contributed by atoms with Crippen LogP contribution in [-0.2, 0) is 14.3 Å². The first kappa shape index (κ1) is 21.3. The number of allylic oxidation sites excluding steroid dienone is 2. The maximum Gasteiger partial charge on any atom is 0.303 e. The molecule has 4 N–H and O–H groups in total. The summed E-state index contributed by atoms with van der Waals surface area (Å²) >= 11 is 0. The zero-order valence-electron chi connectivity index (χ0n) is 16.5. The van der Waals surface area contributed by atoms with Gasteiger partial charge in [-0.25, -0.2) is 0 Å². The van der Waals surface area contributed by atoms with Gasteiger partial charge in [-0.05, 0) is 50.2 Å². The lowest BCUT2D eigenvalue weighted by Crippen LogP contribution is -2.38. The maximum atomic E-state index is 12.1. The van der Waals surface area contributed by atoms with E-state index >= 15 is 0 Å². The molecule has 2 aliphatic rings. The number of carboxylic acid groups (broad SMARTS) is 1. The quantitative estimate of drug-likeness (QED) is 0.335. The van der Waals surface area contributed by atoms with Crippen LogP contribution in [0.2, 0.25) is 0 Å². The topological polar surface area (TPSA) is 108 Å². The number of anilines is 1. The highest BCUT2D eigenvalue weighted by Crippen LogP contribution is 2.44.